The molecule has 1 aliphatic heterocycles. The number of amides is 2. The maximum atomic E-state index is 12.9. The van der Waals surface area contributed by atoms with Gasteiger partial charge in [0, 0.05) is 49.4 Å². The number of anilines is 1. The molecule has 1 saturated carbocycles. The predicted molar refractivity (Wildman–Crippen MR) is 112 cm³/mol. The molecule has 1 N–H and O–H groups in total. The van der Waals surface area contributed by atoms with E-state index in [0.29, 0.717) is 43.3 Å². The molecule has 1 aromatic heterocycles. The number of nitrogens with zero attached hydrogens (tertiary/aromatic N) is 4. The van der Waals surface area contributed by atoms with Crippen LogP contribution in [0.2, 0.25) is 0 Å². The Hall–Kier alpha value is -3.43. The van der Waals surface area contributed by atoms with Crippen molar-refractivity contribution in [1.82, 2.24) is 15.0 Å². The molecular weight excluding hydrogens is 402 g/mol. The normalized spacial score (nSPS) is 16.3. The summed E-state index contributed by atoms with van der Waals surface area (Å²) in [6, 6.07) is 4.83. The number of carbonyl (C=O) groups excluding carboxylic acids is 2. The van der Waals surface area contributed by atoms with Crippen molar-refractivity contribution in [3.63, 3.8) is 0 Å². The van der Waals surface area contributed by atoms with Crippen molar-refractivity contribution in [2.24, 2.45) is 0 Å². The summed E-state index contributed by atoms with van der Waals surface area (Å²) in [4.78, 5) is 39.9. The van der Waals surface area contributed by atoms with E-state index in [1.54, 1.807) is 35.8 Å². The summed E-state index contributed by atoms with van der Waals surface area (Å²) in [5, 5.41) is 18.5. The Morgan fingerprint density at radius 1 is 1.19 bits per heavy atom. The summed E-state index contributed by atoms with van der Waals surface area (Å²) < 4.78 is 5.11. The molecule has 2 aromatic rings. The second kappa shape index (κ2) is 8.37. The summed E-state index contributed by atoms with van der Waals surface area (Å²) in [5.41, 5.74) is 2.14. The van der Waals surface area contributed by atoms with Crippen LogP contribution in [0.1, 0.15) is 40.2 Å². The van der Waals surface area contributed by atoms with E-state index in [9.17, 15) is 19.7 Å². The first kappa shape index (κ1) is 20.8. The average Bonchev–Trinajstić information content (AvgIpc) is 3.53. The van der Waals surface area contributed by atoms with E-state index in [-0.39, 0.29) is 35.5 Å². The number of hydrogen-bond donors (Lipinski definition) is 1. The van der Waals surface area contributed by atoms with Crippen LogP contribution in [0.4, 0.5) is 11.4 Å². The van der Waals surface area contributed by atoms with Crippen LogP contribution in [0, 0.1) is 24.0 Å². The van der Waals surface area contributed by atoms with Gasteiger partial charge in [0.15, 0.2) is 0 Å². The van der Waals surface area contributed by atoms with Gasteiger partial charge in [-0.3, -0.25) is 19.7 Å². The maximum absolute atomic E-state index is 12.9. The van der Waals surface area contributed by atoms with E-state index in [0.717, 1.165) is 18.4 Å². The minimum Gasteiger partial charge on any atom is -0.377 e. The van der Waals surface area contributed by atoms with Gasteiger partial charge in [0.05, 0.1) is 17.0 Å². The first-order valence-corrected chi connectivity index (χ1v) is 10.4. The number of hydrogen-bond acceptors (Lipinski definition) is 7. The van der Waals surface area contributed by atoms with E-state index in [1.807, 2.05) is 0 Å². The fraction of sp³-hybridized carbons (Fsp3) is 0.476. The SMILES string of the molecule is Cc1noc(C)c1CC(=O)N1CCN(C(=O)c2ccc(NC3CC3)c([N+](=O)[O-])c2)CC1. The fourth-order valence-corrected chi connectivity index (χ4v) is 3.74. The Balaban J connectivity index is 1.38. The second-order valence-electron chi connectivity index (χ2n) is 8.06. The first-order chi connectivity index (χ1) is 14.8. The van der Waals surface area contributed by atoms with Crippen LogP contribution in [-0.4, -0.2) is 63.9 Å². The molecule has 1 aromatic carbocycles. The molecule has 0 radical (unpaired) electrons. The number of aromatic nitrogens is 1. The number of carbonyl (C=O) groups is 2. The highest BCUT2D eigenvalue weighted by Crippen LogP contribution is 2.32. The molecule has 10 nitrogen and oxygen atoms in total. The highest BCUT2D eigenvalue weighted by Gasteiger charge is 2.29. The van der Waals surface area contributed by atoms with E-state index < -0.39 is 4.92 Å². The molecule has 10 heteroatoms. The minimum atomic E-state index is -0.465. The number of benzene rings is 1. The van der Waals surface area contributed by atoms with Crippen LogP contribution in [0.5, 0.6) is 0 Å². The van der Waals surface area contributed by atoms with E-state index in [4.69, 9.17) is 4.52 Å². The third-order valence-electron chi connectivity index (χ3n) is 5.81. The van der Waals surface area contributed by atoms with Crippen LogP contribution in [0.3, 0.4) is 0 Å². The third kappa shape index (κ3) is 4.52. The fourth-order valence-electron chi connectivity index (χ4n) is 3.74. The van der Waals surface area contributed by atoms with Crippen molar-refractivity contribution in [3.05, 3.63) is 50.9 Å². The summed E-state index contributed by atoms with van der Waals surface area (Å²) in [7, 11) is 0. The molecule has 2 heterocycles. The van der Waals surface area contributed by atoms with Crippen molar-refractivity contribution in [3.8, 4) is 0 Å². The summed E-state index contributed by atoms with van der Waals surface area (Å²) >= 11 is 0. The van der Waals surface area contributed by atoms with Crippen molar-refractivity contribution < 1.29 is 19.0 Å². The summed E-state index contributed by atoms with van der Waals surface area (Å²) in [5.74, 6) is 0.340. The highest BCUT2D eigenvalue weighted by atomic mass is 16.6. The van der Waals surface area contributed by atoms with Crippen LogP contribution in [0.25, 0.3) is 0 Å². The van der Waals surface area contributed by atoms with Crippen molar-refractivity contribution in [2.45, 2.75) is 39.2 Å². The average molecular weight is 427 g/mol. The molecule has 2 amide bonds. The summed E-state index contributed by atoms with van der Waals surface area (Å²) in [6.45, 7) is 5.17. The molecule has 0 unspecified atom stereocenters. The van der Waals surface area contributed by atoms with Gasteiger partial charge in [-0.05, 0) is 38.8 Å². The standard InChI is InChI=1S/C21H25N5O5/c1-13-17(14(2)31-23-13)12-20(27)24-7-9-25(10-8-24)21(28)15-3-6-18(22-16-4-5-16)19(11-15)26(29)30/h3,6,11,16,22H,4-5,7-10,12H2,1-2H3. The van der Waals surface area contributed by atoms with Gasteiger partial charge in [-0.25, -0.2) is 0 Å². The van der Waals surface area contributed by atoms with E-state index in [1.165, 1.54) is 6.07 Å². The van der Waals surface area contributed by atoms with Gasteiger partial charge in [0.2, 0.25) is 5.91 Å². The smallest absolute Gasteiger partial charge is 0.293 e. The first-order valence-electron chi connectivity index (χ1n) is 10.4. The molecule has 0 bridgehead atoms. The van der Waals surface area contributed by atoms with Crippen LogP contribution < -0.4 is 5.32 Å². The number of rotatable bonds is 6. The molecular formula is C21H25N5O5. The maximum Gasteiger partial charge on any atom is 0.293 e. The van der Waals surface area contributed by atoms with Gasteiger partial charge in [-0.1, -0.05) is 5.16 Å². The number of nitrogens with one attached hydrogen (secondary N) is 1. The molecule has 1 aliphatic carbocycles. The van der Waals surface area contributed by atoms with Crippen LogP contribution in [-0.2, 0) is 11.2 Å². The quantitative estimate of drug-likeness (QED) is 0.554. The van der Waals surface area contributed by atoms with Gasteiger partial charge in [-0.2, -0.15) is 0 Å². The second-order valence-corrected chi connectivity index (χ2v) is 8.06. The lowest BCUT2D eigenvalue weighted by Crippen LogP contribution is -2.51. The van der Waals surface area contributed by atoms with Crippen molar-refractivity contribution in [2.75, 3.05) is 31.5 Å². The van der Waals surface area contributed by atoms with Gasteiger partial charge in [0.25, 0.3) is 11.6 Å². The zero-order chi connectivity index (χ0) is 22.1. The molecule has 0 spiro atoms. The lowest BCUT2D eigenvalue weighted by Gasteiger charge is -2.35. The molecule has 2 fully saturated rings. The van der Waals surface area contributed by atoms with E-state index >= 15 is 0 Å². The molecule has 2 aliphatic rings. The van der Waals surface area contributed by atoms with E-state index in [2.05, 4.69) is 10.5 Å². The molecule has 31 heavy (non-hydrogen) atoms. The van der Waals surface area contributed by atoms with Gasteiger partial charge >= 0.3 is 0 Å². The Morgan fingerprint density at radius 3 is 2.45 bits per heavy atom. The molecule has 0 atom stereocenters. The van der Waals surface area contributed by atoms with Crippen molar-refractivity contribution in [1.29, 1.82) is 0 Å². The Morgan fingerprint density at radius 2 is 1.87 bits per heavy atom. The summed E-state index contributed by atoms with van der Waals surface area (Å²) in [6.07, 6.45) is 2.21. The number of nitro benzene ring substituents is 1. The predicted octanol–water partition coefficient (Wildman–Crippen LogP) is 2.30. The lowest BCUT2D eigenvalue weighted by molar-refractivity contribution is -0.384. The highest BCUT2D eigenvalue weighted by molar-refractivity contribution is 5.96. The Kier molecular flexibility index (Phi) is 5.62. The minimum absolute atomic E-state index is 0.0346. The van der Waals surface area contributed by atoms with Gasteiger partial charge in [-0.15, -0.1) is 0 Å². The Bertz CT molecular complexity index is 1000. The molecule has 1 saturated heterocycles. The third-order valence-corrected chi connectivity index (χ3v) is 5.81. The van der Waals surface area contributed by atoms with Gasteiger partial charge in [0.1, 0.15) is 11.4 Å². The number of aryl methyl sites for hydroxylation is 2. The van der Waals surface area contributed by atoms with Crippen LogP contribution in [0.15, 0.2) is 22.7 Å². The topological polar surface area (TPSA) is 122 Å². The number of nitro groups is 1. The lowest BCUT2D eigenvalue weighted by atomic mass is 10.1. The Labute approximate surface area is 179 Å². The largest absolute Gasteiger partial charge is 0.377 e. The van der Waals surface area contributed by atoms with Crippen molar-refractivity contribution >= 4 is 23.2 Å². The number of piperazine rings is 1. The zero-order valence-corrected chi connectivity index (χ0v) is 17.6. The molecule has 4 rings (SSSR count). The van der Waals surface area contributed by atoms with Gasteiger partial charge < -0.3 is 19.6 Å². The monoisotopic (exact) mass is 427 g/mol. The zero-order valence-electron chi connectivity index (χ0n) is 17.6. The van der Waals surface area contributed by atoms with Crippen LogP contribution >= 0.6 is 0 Å². The molecule has 164 valence electrons.